The molecule has 1 aliphatic rings. The van der Waals surface area contributed by atoms with Crippen molar-refractivity contribution in [2.45, 2.75) is 32.7 Å². The number of aryl methyl sites for hydroxylation is 1. The van der Waals surface area contributed by atoms with Gasteiger partial charge < -0.3 is 9.64 Å². The van der Waals surface area contributed by atoms with E-state index in [1.165, 1.54) is 44.6 Å². The maximum atomic E-state index is 5.47. The summed E-state index contributed by atoms with van der Waals surface area (Å²) in [5, 5.41) is 0. The lowest BCUT2D eigenvalue weighted by Gasteiger charge is -2.39. The van der Waals surface area contributed by atoms with Crippen molar-refractivity contribution in [1.29, 1.82) is 0 Å². The van der Waals surface area contributed by atoms with Crippen LogP contribution in [-0.2, 0) is 11.2 Å². The predicted molar refractivity (Wildman–Crippen MR) is 88.7 cm³/mol. The zero-order chi connectivity index (χ0) is 14.9. The first-order chi connectivity index (χ1) is 10.3. The molecule has 1 atom stereocenters. The number of ether oxygens (including phenoxy) is 1. The third-order valence-electron chi connectivity index (χ3n) is 4.36. The van der Waals surface area contributed by atoms with Gasteiger partial charge in [0, 0.05) is 38.8 Å². The van der Waals surface area contributed by atoms with E-state index in [-0.39, 0.29) is 0 Å². The quantitative estimate of drug-likeness (QED) is 0.685. The largest absolute Gasteiger partial charge is 0.380 e. The molecule has 3 nitrogen and oxygen atoms in total. The summed E-state index contributed by atoms with van der Waals surface area (Å²) in [4.78, 5) is 5.17. The summed E-state index contributed by atoms with van der Waals surface area (Å²) in [5.41, 5.74) is 1.46. The molecule has 0 spiro atoms. The van der Waals surface area contributed by atoms with Crippen LogP contribution in [0, 0.1) is 0 Å². The lowest BCUT2D eigenvalue weighted by atomic mass is 10.1. The van der Waals surface area contributed by atoms with Gasteiger partial charge in [0.15, 0.2) is 0 Å². The average molecular weight is 290 g/mol. The van der Waals surface area contributed by atoms with Gasteiger partial charge in [0.25, 0.3) is 0 Å². The Morgan fingerprint density at radius 1 is 1.14 bits per heavy atom. The van der Waals surface area contributed by atoms with Crippen LogP contribution in [0.2, 0.25) is 0 Å². The molecule has 0 radical (unpaired) electrons. The summed E-state index contributed by atoms with van der Waals surface area (Å²) >= 11 is 0. The van der Waals surface area contributed by atoms with E-state index in [1.807, 2.05) is 0 Å². The number of nitrogens with zero attached hydrogens (tertiary/aromatic N) is 2. The predicted octanol–water partition coefficient (Wildman–Crippen LogP) is 2.66. The summed E-state index contributed by atoms with van der Waals surface area (Å²) in [7, 11) is 0. The molecule has 1 aromatic rings. The van der Waals surface area contributed by atoms with Crippen LogP contribution < -0.4 is 0 Å². The van der Waals surface area contributed by atoms with E-state index in [4.69, 9.17) is 4.74 Å². The van der Waals surface area contributed by atoms with Crippen LogP contribution in [0.5, 0.6) is 0 Å². The Morgan fingerprint density at radius 3 is 2.67 bits per heavy atom. The Kier molecular flexibility index (Phi) is 7.20. The van der Waals surface area contributed by atoms with Crippen molar-refractivity contribution in [3.05, 3.63) is 35.9 Å². The second kappa shape index (κ2) is 9.19. The van der Waals surface area contributed by atoms with E-state index in [2.05, 4.69) is 54.0 Å². The minimum Gasteiger partial charge on any atom is -0.380 e. The van der Waals surface area contributed by atoms with Gasteiger partial charge in [0.05, 0.1) is 6.61 Å². The molecule has 21 heavy (non-hydrogen) atoms. The molecule has 1 aliphatic heterocycles. The Labute approximate surface area is 129 Å². The van der Waals surface area contributed by atoms with Crippen LogP contribution >= 0.6 is 0 Å². The van der Waals surface area contributed by atoms with E-state index in [9.17, 15) is 0 Å². The molecule has 1 fully saturated rings. The SMILES string of the molecule is CCOCCN1CCN(CCCc2ccccc2)C[C@@H]1C. The Bertz CT molecular complexity index is 382. The zero-order valence-electron chi connectivity index (χ0n) is 13.6. The molecular weight excluding hydrogens is 260 g/mol. The normalized spacial score (nSPS) is 20.8. The molecule has 1 aromatic carbocycles. The van der Waals surface area contributed by atoms with E-state index in [0.29, 0.717) is 6.04 Å². The first-order valence-electron chi connectivity index (χ1n) is 8.37. The first-order valence-corrected chi connectivity index (χ1v) is 8.37. The van der Waals surface area contributed by atoms with Crippen molar-refractivity contribution in [3.8, 4) is 0 Å². The smallest absolute Gasteiger partial charge is 0.0593 e. The maximum absolute atomic E-state index is 5.47. The lowest BCUT2D eigenvalue weighted by molar-refractivity contribution is 0.0491. The van der Waals surface area contributed by atoms with Crippen LogP contribution in [0.4, 0.5) is 0 Å². The summed E-state index contributed by atoms with van der Waals surface area (Å²) in [6.45, 7) is 12.0. The molecule has 118 valence electrons. The van der Waals surface area contributed by atoms with Gasteiger partial charge in [-0.2, -0.15) is 0 Å². The number of hydrogen-bond acceptors (Lipinski definition) is 3. The maximum Gasteiger partial charge on any atom is 0.0593 e. The van der Waals surface area contributed by atoms with Gasteiger partial charge in [-0.25, -0.2) is 0 Å². The standard InChI is InChI=1S/C18H30N2O/c1-3-21-15-14-20-13-12-19(16-17(20)2)11-7-10-18-8-5-4-6-9-18/h4-6,8-9,17H,3,7,10-16H2,1-2H3/t17-/m0/s1. The van der Waals surface area contributed by atoms with Crippen LogP contribution in [0.1, 0.15) is 25.8 Å². The van der Waals surface area contributed by atoms with Crippen LogP contribution in [0.15, 0.2) is 30.3 Å². The fourth-order valence-corrected chi connectivity index (χ4v) is 3.08. The minimum atomic E-state index is 0.649. The molecule has 0 unspecified atom stereocenters. The monoisotopic (exact) mass is 290 g/mol. The van der Waals surface area contributed by atoms with E-state index in [1.54, 1.807) is 0 Å². The second-order valence-corrected chi connectivity index (χ2v) is 5.97. The van der Waals surface area contributed by atoms with Crippen molar-refractivity contribution in [1.82, 2.24) is 9.80 Å². The van der Waals surface area contributed by atoms with Gasteiger partial charge in [-0.15, -0.1) is 0 Å². The Hall–Kier alpha value is -0.900. The van der Waals surface area contributed by atoms with Gasteiger partial charge in [0.2, 0.25) is 0 Å². The van der Waals surface area contributed by atoms with Gasteiger partial charge in [-0.05, 0) is 38.8 Å². The minimum absolute atomic E-state index is 0.649. The van der Waals surface area contributed by atoms with Gasteiger partial charge in [0.1, 0.15) is 0 Å². The topological polar surface area (TPSA) is 15.7 Å². The highest BCUT2D eigenvalue weighted by molar-refractivity contribution is 5.14. The number of hydrogen-bond donors (Lipinski definition) is 0. The fourth-order valence-electron chi connectivity index (χ4n) is 3.08. The molecule has 0 aromatic heterocycles. The van der Waals surface area contributed by atoms with E-state index in [0.717, 1.165) is 19.8 Å². The molecule has 2 rings (SSSR count). The molecule has 3 heteroatoms. The van der Waals surface area contributed by atoms with Gasteiger partial charge in [-0.3, -0.25) is 4.90 Å². The van der Waals surface area contributed by atoms with Crippen LogP contribution in [0.25, 0.3) is 0 Å². The highest BCUT2D eigenvalue weighted by atomic mass is 16.5. The summed E-state index contributed by atoms with van der Waals surface area (Å²) < 4.78 is 5.47. The van der Waals surface area contributed by atoms with E-state index < -0.39 is 0 Å². The van der Waals surface area contributed by atoms with Crippen molar-refractivity contribution in [2.75, 3.05) is 45.9 Å². The number of benzene rings is 1. The molecular formula is C18H30N2O. The summed E-state index contributed by atoms with van der Waals surface area (Å²) in [6.07, 6.45) is 2.45. The highest BCUT2D eigenvalue weighted by Gasteiger charge is 2.22. The summed E-state index contributed by atoms with van der Waals surface area (Å²) in [6, 6.07) is 11.5. The molecule has 0 aliphatic carbocycles. The molecule has 0 N–H and O–H groups in total. The summed E-state index contributed by atoms with van der Waals surface area (Å²) in [5.74, 6) is 0. The Balaban J connectivity index is 1.63. The number of piperazine rings is 1. The lowest BCUT2D eigenvalue weighted by Crippen LogP contribution is -2.52. The van der Waals surface area contributed by atoms with Crippen LogP contribution in [-0.4, -0.2) is 61.8 Å². The Morgan fingerprint density at radius 2 is 1.95 bits per heavy atom. The van der Waals surface area contributed by atoms with Gasteiger partial charge >= 0.3 is 0 Å². The highest BCUT2D eigenvalue weighted by Crippen LogP contribution is 2.11. The fraction of sp³-hybridized carbons (Fsp3) is 0.667. The third kappa shape index (κ3) is 5.77. The van der Waals surface area contributed by atoms with E-state index >= 15 is 0 Å². The molecule has 0 amide bonds. The number of rotatable bonds is 8. The van der Waals surface area contributed by atoms with Crippen LogP contribution in [0.3, 0.4) is 0 Å². The molecule has 1 saturated heterocycles. The zero-order valence-corrected chi connectivity index (χ0v) is 13.6. The molecule has 1 heterocycles. The third-order valence-corrected chi connectivity index (χ3v) is 4.36. The average Bonchev–Trinajstić information content (AvgIpc) is 2.51. The van der Waals surface area contributed by atoms with Gasteiger partial charge in [-0.1, -0.05) is 30.3 Å². The van der Waals surface area contributed by atoms with Crippen molar-refractivity contribution >= 4 is 0 Å². The van der Waals surface area contributed by atoms with Crippen molar-refractivity contribution in [2.24, 2.45) is 0 Å². The molecule has 0 bridgehead atoms. The van der Waals surface area contributed by atoms with Crippen molar-refractivity contribution in [3.63, 3.8) is 0 Å². The molecule has 0 saturated carbocycles. The second-order valence-electron chi connectivity index (χ2n) is 5.97. The first kappa shape index (κ1) is 16.5. The van der Waals surface area contributed by atoms with Crippen molar-refractivity contribution < 1.29 is 4.74 Å².